The third-order valence-electron chi connectivity index (χ3n) is 9.09. The topological polar surface area (TPSA) is 80.8 Å². The Bertz CT molecular complexity index is 1530. The van der Waals surface area contributed by atoms with Crippen molar-refractivity contribution in [2.75, 3.05) is 42.9 Å². The van der Waals surface area contributed by atoms with E-state index in [-0.39, 0.29) is 6.04 Å². The quantitative estimate of drug-likeness (QED) is 0.332. The summed E-state index contributed by atoms with van der Waals surface area (Å²) in [5, 5.41) is 8.98. The number of ketones is 2. The third kappa shape index (κ3) is 6.46. The lowest BCUT2D eigenvalue weighted by atomic mass is 9.83. The van der Waals surface area contributed by atoms with Crippen molar-refractivity contribution < 1.29 is 22.8 Å². The Labute approximate surface area is 263 Å². The van der Waals surface area contributed by atoms with Crippen LogP contribution in [0.25, 0.3) is 10.1 Å². The summed E-state index contributed by atoms with van der Waals surface area (Å²) < 4.78 is 39.2. The number of thiophene rings is 1. The predicted molar refractivity (Wildman–Crippen MR) is 168 cm³/mol. The Balaban J connectivity index is 1.03. The van der Waals surface area contributed by atoms with Crippen LogP contribution in [0.1, 0.15) is 32.3 Å². The maximum absolute atomic E-state index is 12.6. The first-order chi connectivity index (χ1) is 21.0. The lowest BCUT2D eigenvalue weighted by Crippen LogP contribution is -2.67. The summed E-state index contributed by atoms with van der Waals surface area (Å²) in [5.74, 6) is -1.02. The second-order valence-corrected chi connectivity index (χ2v) is 13.5. The molecule has 0 spiro atoms. The summed E-state index contributed by atoms with van der Waals surface area (Å²) in [6, 6.07) is 8.82. The molecule has 0 bridgehead atoms. The number of likely N-dealkylation sites (tertiary alicyclic amines) is 1. The number of benzene rings is 1. The fraction of sp³-hybridized carbons (Fsp3) is 0.516. The van der Waals surface area contributed by atoms with Gasteiger partial charge < -0.3 is 10.2 Å². The number of anilines is 2. The number of carbonyl (C=O) groups is 2. The molecule has 2 unspecified atom stereocenters. The van der Waals surface area contributed by atoms with Gasteiger partial charge in [-0.05, 0) is 68.2 Å². The summed E-state index contributed by atoms with van der Waals surface area (Å²) in [6.07, 6.45) is -0.737. The number of hydrogen-bond acceptors (Lipinski definition) is 9. The van der Waals surface area contributed by atoms with E-state index in [1.807, 2.05) is 11.3 Å². The van der Waals surface area contributed by atoms with Crippen LogP contribution in [0.2, 0.25) is 5.02 Å². The summed E-state index contributed by atoms with van der Waals surface area (Å²) in [7, 11) is 0. The Hall–Kier alpha value is -2.77. The van der Waals surface area contributed by atoms with Crippen molar-refractivity contribution in [3.8, 4) is 0 Å². The minimum atomic E-state index is -4.50. The number of aromatic nitrogens is 1. The largest absolute Gasteiger partial charge is 0.401 e. The molecule has 0 radical (unpaired) electrons. The van der Waals surface area contributed by atoms with Gasteiger partial charge in [0.15, 0.2) is 0 Å². The maximum atomic E-state index is 12.6. The number of pyridine rings is 1. The van der Waals surface area contributed by atoms with Gasteiger partial charge in [0.2, 0.25) is 11.6 Å². The van der Waals surface area contributed by atoms with Crippen molar-refractivity contribution in [2.45, 2.75) is 69.6 Å². The van der Waals surface area contributed by atoms with Gasteiger partial charge in [-0.25, -0.2) is 4.98 Å². The van der Waals surface area contributed by atoms with Crippen LogP contribution in [0.4, 0.5) is 24.7 Å². The molecule has 2 saturated heterocycles. The standard InChI is InChI=1S/C31H36ClF3N6O2S/c1-18-14-41(30-24(32)11-21(12-36-30)38-27-26(28(42)29(27)43)37-17-31(33,34)35)19(2)13-40(18)22-7-9-39(10-8-22)15-20-16-44-25-6-4-3-5-23(20)25/h3-6,11-12,16,18-19,22,26-27,37-38H,7-10,13-15,17H2,1-2H3/t18-,19+,26?,27?/m1/s1. The summed E-state index contributed by atoms with van der Waals surface area (Å²) in [4.78, 5) is 35.9. The molecule has 2 aliphatic heterocycles. The van der Waals surface area contributed by atoms with Gasteiger partial charge in [-0.2, -0.15) is 13.2 Å². The molecule has 13 heteroatoms. The zero-order valence-corrected chi connectivity index (χ0v) is 26.2. The van der Waals surface area contributed by atoms with Crippen LogP contribution in [-0.4, -0.2) is 95.5 Å². The molecule has 44 heavy (non-hydrogen) atoms. The van der Waals surface area contributed by atoms with Crippen LogP contribution < -0.4 is 15.5 Å². The van der Waals surface area contributed by atoms with Crippen LogP contribution in [-0.2, 0) is 16.1 Å². The number of rotatable bonds is 8. The number of hydrogen-bond donors (Lipinski definition) is 2. The minimum Gasteiger partial charge on any atom is -0.372 e. The number of halogens is 4. The highest BCUT2D eigenvalue weighted by molar-refractivity contribution is 7.17. The van der Waals surface area contributed by atoms with Gasteiger partial charge in [0.05, 0.1) is 23.5 Å². The number of piperidine rings is 1. The molecule has 2 aromatic heterocycles. The van der Waals surface area contributed by atoms with Gasteiger partial charge >= 0.3 is 6.18 Å². The molecule has 4 heterocycles. The van der Waals surface area contributed by atoms with Crippen molar-refractivity contribution in [3.63, 3.8) is 0 Å². The molecule has 6 rings (SSSR count). The van der Waals surface area contributed by atoms with E-state index in [2.05, 4.69) is 73.8 Å². The van der Waals surface area contributed by atoms with E-state index >= 15 is 0 Å². The zero-order valence-electron chi connectivity index (χ0n) is 24.6. The van der Waals surface area contributed by atoms with Crippen LogP contribution in [0.15, 0.2) is 41.9 Å². The van der Waals surface area contributed by atoms with Crippen LogP contribution >= 0.6 is 22.9 Å². The summed E-state index contributed by atoms with van der Waals surface area (Å²) in [5.41, 5.74) is 1.78. The molecule has 4 atom stereocenters. The van der Waals surface area contributed by atoms with E-state index < -0.39 is 36.4 Å². The first-order valence-electron chi connectivity index (χ1n) is 15.0. The van der Waals surface area contributed by atoms with Gasteiger partial charge in [-0.3, -0.25) is 24.7 Å². The third-order valence-corrected chi connectivity index (χ3v) is 10.4. The zero-order chi connectivity index (χ0) is 31.2. The van der Waals surface area contributed by atoms with Crippen LogP contribution in [0.5, 0.6) is 0 Å². The number of nitrogens with one attached hydrogen (secondary N) is 2. The first-order valence-corrected chi connectivity index (χ1v) is 16.2. The number of alkyl halides is 3. The molecule has 3 fully saturated rings. The van der Waals surface area contributed by atoms with E-state index in [9.17, 15) is 22.8 Å². The van der Waals surface area contributed by atoms with Crippen molar-refractivity contribution in [3.05, 3.63) is 52.5 Å². The van der Waals surface area contributed by atoms with E-state index in [4.69, 9.17) is 11.6 Å². The Kier molecular flexibility index (Phi) is 8.91. The van der Waals surface area contributed by atoms with Crippen molar-refractivity contribution in [2.24, 2.45) is 0 Å². The first kappa shape index (κ1) is 31.2. The number of carbonyl (C=O) groups excluding carboxylic acids is 2. The van der Waals surface area contributed by atoms with E-state index in [0.29, 0.717) is 28.6 Å². The fourth-order valence-corrected chi connectivity index (χ4v) is 7.99. The molecule has 8 nitrogen and oxygen atoms in total. The molecule has 0 amide bonds. The van der Waals surface area contributed by atoms with E-state index in [0.717, 1.165) is 45.6 Å². The maximum Gasteiger partial charge on any atom is 0.401 e. The molecule has 1 aromatic carbocycles. The normalized spacial score (nSPS) is 25.9. The second kappa shape index (κ2) is 12.6. The molecule has 1 saturated carbocycles. The van der Waals surface area contributed by atoms with Gasteiger partial charge in [0.25, 0.3) is 0 Å². The summed E-state index contributed by atoms with van der Waals surface area (Å²) in [6.45, 7) is 7.79. The SMILES string of the molecule is C[C@@H]1CN(c2ncc(NC3C(=O)C(=O)C3NCC(F)(F)F)cc2Cl)[C@@H](C)CN1C1CCN(Cc2csc3ccccc23)CC1. The highest BCUT2D eigenvalue weighted by Crippen LogP contribution is 2.34. The van der Waals surface area contributed by atoms with Gasteiger partial charge in [-0.1, -0.05) is 29.8 Å². The fourth-order valence-electron chi connectivity index (χ4n) is 6.76. The average Bonchev–Trinajstić information content (AvgIpc) is 3.40. The van der Waals surface area contributed by atoms with Gasteiger partial charge in [0.1, 0.15) is 17.9 Å². The van der Waals surface area contributed by atoms with Crippen molar-refractivity contribution in [1.29, 1.82) is 0 Å². The number of Topliss-reactive ketones (excluding diaryl/α,β-unsaturated/α-hetero) is 2. The van der Waals surface area contributed by atoms with Gasteiger partial charge in [0, 0.05) is 42.5 Å². The molecule has 3 aromatic rings. The monoisotopic (exact) mass is 648 g/mol. The molecule has 236 valence electrons. The van der Waals surface area contributed by atoms with E-state index in [1.165, 1.54) is 21.8 Å². The second-order valence-electron chi connectivity index (χ2n) is 12.2. The van der Waals surface area contributed by atoms with Crippen molar-refractivity contribution >= 4 is 56.1 Å². The number of nitrogens with zero attached hydrogens (tertiary/aromatic N) is 4. The molecule has 2 N–H and O–H groups in total. The lowest BCUT2D eigenvalue weighted by Gasteiger charge is -2.49. The molecular formula is C31H36ClF3N6O2S. The smallest absolute Gasteiger partial charge is 0.372 e. The van der Waals surface area contributed by atoms with E-state index in [1.54, 1.807) is 6.07 Å². The lowest BCUT2D eigenvalue weighted by molar-refractivity contribution is -0.149. The minimum absolute atomic E-state index is 0.159. The number of fused-ring (bicyclic) bond motifs is 1. The Morgan fingerprint density at radius 2 is 1.77 bits per heavy atom. The number of piperazine rings is 1. The molecular weight excluding hydrogens is 613 g/mol. The van der Waals surface area contributed by atoms with Crippen molar-refractivity contribution in [1.82, 2.24) is 20.1 Å². The summed E-state index contributed by atoms with van der Waals surface area (Å²) >= 11 is 8.47. The predicted octanol–water partition coefficient (Wildman–Crippen LogP) is 4.97. The highest BCUT2D eigenvalue weighted by Gasteiger charge is 2.50. The molecule has 1 aliphatic carbocycles. The van der Waals surface area contributed by atoms with Crippen LogP contribution in [0.3, 0.4) is 0 Å². The Morgan fingerprint density at radius 1 is 1.05 bits per heavy atom. The average molecular weight is 649 g/mol. The Morgan fingerprint density at radius 3 is 2.50 bits per heavy atom. The molecule has 3 aliphatic rings. The van der Waals surface area contributed by atoms with Crippen LogP contribution in [0, 0.1) is 0 Å². The highest BCUT2D eigenvalue weighted by atomic mass is 35.5. The van der Waals surface area contributed by atoms with Gasteiger partial charge in [-0.15, -0.1) is 11.3 Å².